The first-order valence-electron chi connectivity index (χ1n) is 5.84. The van der Waals surface area contributed by atoms with Gasteiger partial charge >= 0.3 is 0 Å². The fourth-order valence-corrected chi connectivity index (χ4v) is 1.77. The number of hydrogen-bond acceptors (Lipinski definition) is 5. The van der Waals surface area contributed by atoms with Crippen molar-refractivity contribution >= 4 is 17.0 Å². The van der Waals surface area contributed by atoms with Gasteiger partial charge in [0.1, 0.15) is 11.8 Å². The van der Waals surface area contributed by atoms with Crippen molar-refractivity contribution in [3.63, 3.8) is 0 Å². The maximum atomic E-state index is 8.93. The SMILES string of the molecule is CCC(CCO)CNc1ncnc2nc[nH]c12. The molecule has 2 heterocycles. The van der Waals surface area contributed by atoms with Crippen LogP contribution < -0.4 is 5.32 Å². The van der Waals surface area contributed by atoms with Gasteiger partial charge in [0.05, 0.1) is 6.33 Å². The second kappa shape index (κ2) is 5.58. The predicted molar refractivity (Wildman–Crippen MR) is 65.7 cm³/mol. The molecule has 17 heavy (non-hydrogen) atoms. The molecule has 0 aliphatic carbocycles. The minimum absolute atomic E-state index is 0.226. The van der Waals surface area contributed by atoms with Crippen molar-refractivity contribution < 1.29 is 5.11 Å². The van der Waals surface area contributed by atoms with Crippen molar-refractivity contribution in [2.24, 2.45) is 5.92 Å². The highest BCUT2D eigenvalue weighted by molar-refractivity contribution is 5.81. The van der Waals surface area contributed by atoms with Gasteiger partial charge in [-0.3, -0.25) is 0 Å². The zero-order valence-electron chi connectivity index (χ0n) is 9.85. The molecule has 3 N–H and O–H groups in total. The molecule has 2 aromatic rings. The van der Waals surface area contributed by atoms with Crippen LogP contribution in [0.2, 0.25) is 0 Å². The maximum Gasteiger partial charge on any atom is 0.182 e. The lowest BCUT2D eigenvalue weighted by atomic mass is 10.0. The molecule has 0 spiro atoms. The van der Waals surface area contributed by atoms with Crippen molar-refractivity contribution in [2.45, 2.75) is 19.8 Å². The van der Waals surface area contributed by atoms with E-state index in [0.717, 1.165) is 30.7 Å². The Bertz CT molecular complexity index is 470. The molecule has 92 valence electrons. The summed E-state index contributed by atoms with van der Waals surface area (Å²) < 4.78 is 0. The fraction of sp³-hybridized carbons (Fsp3) is 0.545. The second-order valence-electron chi connectivity index (χ2n) is 3.99. The Hall–Kier alpha value is -1.69. The molecule has 0 saturated carbocycles. The summed E-state index contributed by atoms with van der Waals surface area (Å²) in [7, 11) is 0. The van der Waals surface area contributed by atoms with Crippen molar-refractivity contribution in [1.29, 1.82) is 0 Å². The van der Waals surface area contributed by atoms with Gasteiger partial charge in [0.15, 0.2) is 11.5 Å². The Balaban J connectivity index is 2.05. The average Bonchev–Trinajstić information content (AvgIpc) is 2.83. The molecule has 1 atom stereocenters. The number of aliphatic hydroxyl groups excluding tert-OH is 1. The molecule has 6 heteroatoms. The number of H-pyrrole nitrogens is 1. The van der Waals surface area contributed by atoms with E-state index in [4.69, 9.17) is 5.11 Å². The van der Waals surface area contributed by atoms with E-state index in [1.807, 2.05) is 0 Å². The van der Waals surface area contributed by atoms with Crippen molar-refractivity contribution in [1.82, 2.24) is 19.9 Å². The number of aromatic amines is 1. The Morgan fingerprint density at radius 2 is 2.29 bits per heavy atom. The predicted octanol–water partition coefficient (Wildman–Crippen LogP) is 1.17. The highest BCUT2D eigenvalue weighted by Gasteiger charge is 2.09. The molecule has 0 bridgehead atoms. The topological polar surface area (TPSA) is 86.7 Å². The van der Waals surface area contributed by atoms with Gasteiger partial charge in [0.25, 0.3) is 0 Å². The minimum atomic E-state index is 0.226. The molecule has 0 aromatic carbocycles. The highest BCUT2D eigenvalue weighted by atomic mass is 16.3. The Morgan fingerprint density at radius 3 is 3.06 bits per heavy atom. The largest absolute Gasteiger partial charge is 0.396 e. The van der Waals surface area contributed by atoms with Crippen LogP contribution >= 0.6 is 0 Å². The normalized spacial score (nSPS) is 12.8. The molecule has 6 nitrogen and oxygen atoms in total. The van der Waals surface area contributed by atoms with E-state index in [2.05, 4.69) is 32.2 Å². The second-order valence-corrected chi connectivity index (χ2v) is 3.99. The van der Waals surface area contributed by atoms with Crippen LogP contribution in [0.25, 0.3) is 11.2 Å². The van der Waals surface area contributed by atoms with Gasteiger partial charge in [-0.1, -0.05) is 13.3 Å². The lowest BCUT2D eigenvalue weighted by Crippen LogP contribution is -2.16. The van der Waals surface area contributed by atoms with Crippen LogP contribution in [0.4, 0.5) is 5.82 Å². The molecule has 0 saturated heterocycles. The maximum absolute atomic E-state index is 8.93. The molecule has 0 fully saturated rings. The Labute approximate surface area is 99.5 Å². The van der Waals surface area contributed by atoms with Crippen molar-refractivity contribution in [3.05, 3.63) is 12.7 Å². The van der Waals surface area contributed by atoms with Crippen LogP contribution in [-0.2, 0) is 0 Å². The molecule has 0 aliphatic heterocycles. The van der Waals surface area contributed by atoms with Crippen LogP contribution in [0.5, 0.6) is 0 Å². The summed E-state index contributed by atoms with van der Waals surface area (Å²) in [5.41, 5.74) is 1.49. The van der Waals surface area contributed by atoms with Gasteiger partial charge < -0.3 is 15.4 Å². The van der Waals surface area contributed by atoms with E-state index >= 15 is 0 Å². The molecular weight excluding hydrogens is 218 g/mol. The Morgan fingerprint density at radius 1 is 1.41 bits per heavy atom. The molecule has 2 aromatic heterocycles. The van der Waals surface area contributed by atoms with E-state index in [-0.39, 0.29) is 6.61 Å². The summed E-state index contributed by atoms with van der Waals surface area (Å²) in [4.78, 5) is 15.3. The third-order valence-corrected chi connectivity index (χ3v) is 2.90. The zero-order valence-corrected chi connectivity index (χ0v) is 9.85. The molecular formula is C11H17N5O. The van der Waals surface area contributed by atoms with Gasteiger partial charge in [-0.05, 0) is 12.3 Å². The number of imidazole rings is 1. The molecule has 1 unspecified atom stereocenters. The highest BCUT2D eigenvalue weighted by Crippen LogP contribution is 2.16. The average molecular weight is 235 g/mol. The summed E-state index contributed by atoms with van der Waals surface area (Å²) in [6.07, 6.45) is 4.94. The third kappa shape index (κ3) is 2.71. The summed E-state index contributed by atoms with van der Waals surface area (Å²) >= 11 is 0. The van der Waals surface area contributed by atoms with E-state index in [0.29, 0.717) is 11.6 Å². The quantitative estimate of drug-likeness (QED) is 0.699. The van der Waals surface area contributed by atoms with E-state index in [1.165, 1.54) is 6.33 Å². The molecule has 0 amide bonds. The first kappa shape index (κ1) is 11.8. The zero-order chi connectivity index (χ0) is 12.1. The Kier molecular flexibility index (Phi) is 3.87. The van der Waals surface area contributed by atoms with E-state index in [9.17, 15) is 0 Å². The lowest BCUT2D eigenvalue weighted by Gasteiger charge is -2.14. The fourth-order valence-electron chi connectivity index (χ4n) is 1.77. The van der Waals surface area contributed by atoms with E-state index in [1.54, 1.807) is 6.33 Å². The molecule has 2 rings (SSSR count). The third-order valence-electron chi connectivity index (χ3n) is 2.90. The van der Waals surface area contributed by atoms with Gasteiger partial charge in [0, 0.05) is 13.2 Å². The minimum Gasteiger partial charge on any atom is -0.396 e. The van der Waals surface area contributed by atoms with Crippen LogP contribution in [0.3, 0.4) is 0 Å². The van der Waals surface area contributed by atoms with Crippen LogP contribution in [-0.4, -0.2) is 38.2 Å². The van der Waals surface area contributed by atoms with Crippen LogP contribution in [0.1, 0.15) is 19.8 Å². The summed E-state index contributed by atoms with van der Waals surface area (Å²) in [5, 5.41) is 12.2. The number of nitrogens with one attached hydrogen (secondary N) is 2. The van der Waals surface area contributed by atoms with E-state index < -0.39 is 0 Å². The number of nitrogens with zero attached hydrogens (tertiary/aromatic N) is 3. The number of aliphatic hydroxyl groups is 1. The molecule has 0 radical (unpaired) electrons. The van der Waals surface area contributed by atoms with Gasteiger partial charge in [-0.15, -0.1) is 0 Å². The van der Waals surface area contributed by atoms with Crippen molar-refractivity contribution in [2.75, 3.05) is 18.5 Å². The van der Waals surface area contributed by atoms with Crippen LogP contribution in [0, 0.1) is 5.92 Å². The van der Waals surface area contributed by atoms with Gasteiger partial charge in [0.2, 0.25) is 0 Å². The number of fused-ring (bicyclic) bond motifs is 1. The van der Waals surface area contributed by atoms with Crippen LogP contribution in [0.15, 0.2) is 12.7 Å². The number of rotatable bonds is 6. The first-order valence-corrected chi connectivity index (χ1v) is 5.84. The summed E-state index contributed by atoms with van der Waals surface area (Å²) in [5.74, 6) is 1.22. The first-order chi connectivity index (χ1) is 8.35. The standard InChI is InChI=1S/C11H17N5O/c1-2-8(3-4-17)5-12-10-9-11(14-6-13-9)16-7-15-10/h6-8,17H,2-5H2,1H3,(H2,12,13,14,15,16). The number of aromatic nitrogens is 4. The summed E-state index contributed by atoms with van der Waals surface area (Å²) in [6, 6.07) is 0. The van der Waals surface area contributed by atoms with Gasteiger partial charge in [-0.25, -0.2) is 15.0 Å². The number of hydrogen-bond donors (Lipinski definition) is 3. The van der Waals surface area contributed by atoms with Crippen molar-refractivity contribution in [3.8, 4) is 0 Å². The summed E-state index contributed by atoms with van der Waals surface area (Å²) in [6.45, 7) is 3.14. The number of anilines is 1. The molecule has 0 aliphatic rings. The monoisotopic (exact) mass is 235 g/mol. The van der Waals surface area contributed by atoms with Gasteiger partial charge in [-0.2, -0.15) is 0 Å². The smallest absolute Gasteiger partial charge is 0.182 e. The lowest BCUT2D eigenvalue weighted by molar-refractivity contribution is 0.258.